The van der Waals surface area contributed by atoms with Gasteiger partial charge in [0, 0.05) is 0 Å². The molecule has 4 nitrogen and oxygen atoms in total. The van der Waals surface area contributed by atoms with Crippen molar-refractivity contribution >= 4 is 21.9 Å². The van der Waals surface area contributed by atoms with E-state index in [4.69, 9.17) is 9.52 Å². The lowest BCUT2D eigenvalue weighted by Crippen LogP contribution is -2.38. The largest absolute Gasteiger partial charge is 0.479 e. The molecule has 2 N–H and O–H groups in total. The van der Waals surface area contributed by atoms with Gasteiger partial charge in [0.15, 0.2) is 10.3 Å². The molecule has 1 aromatic rings. The normalized spacial score (nSPS) is 17.4. The molecule has 1 rings (SSSR count). The van der Waals surface area contributed by atoms with Crippen LogP contribution in [-0.4, -0.2) is 22.4 Å². The third-order valence-electron chi connectivity index (χ3n) is 1.78. The lowest BCUT2D eigenvalue weighted by atomic mass is 9.97. The molecule has 0 aliphatic carbocycles. The number of aliphatic hydroxyl groups is 1. The minimum absolute atomic E-state index is 0.140. The van der Waals surface area contributed by atoms with Gasteiger partial charge < -0.3 is 14.6 Å². The number of halogens is 2. The molecule has 0 radical (unpaired) electrons. The Kier molecular flexibility index (Phi) is 2.96. The predicted octanol–water partition coefficient (Wildman–Crippen LogP) is 1.67. The lowest BCUT2D eigenvalue weighted by Gasteiger charge is -2.21. The quantitative estimate of drug-likeness (QED) is 0.873. The van der Waals surface area contributed by atoms with Gasteiger partial charge in [0.25, 0.3) is 0 Å². The van der Waals surface area contributed by atoms with Gasteiger partial charge >= 0.3 is 5.97 Å². The molecule has 0 spiro atoms. The molecule has 14 heavy (non-hydrogen) atoms. The van der Waals surface area contributed by atoms with Crippen LogP contribution in [0.1, 0.15) is 12.7 Å². The molecule has 0 aliphatic rings. The molecule has 0 aromatic carbocycles. The zero-order valence-corrected chi connectivity index (χ0v) is 8.78. The highest BCUT2D eigenvalue weighted by atomic mass is 79.9. The Morgan fingerprint density at radius 3 is 2.64 bits per heavy atom. The van der Waals surface area contributed by atoms with E-state index < -0.39 is 17.7 Å². The summed E-state index contributed by atoms with van der Waals surface area (Å²) in [5, 5.41) is 18.0. The lowest BCUT2D eigenvalue weighted by molar-refractivity contribution is -0.155. The molecular formula is C8H8BrFO4. The molecular weight excluding hydrogens is 259 g/mol. The van der Waals surface area contributed by atoms with E-state index in [1.165, 1.54) is 12.1 Å². The molecule has 0 fully saturated rings. The van der Waals surface area contributed by atoms with E-state index in [9.17, 15) is 14.3 Å². The maximum atomic E-state index is 13.1. The van der Waals surface area contributed by atoms with Crippen molar-refractivity contribution in [3.8, 4) is 0 Å². The van der Waals surface area contributed by atoms with Crippen molar-refractivity contribution < 1.29 is 23.8 Å². The third kappa shape index (κ3) is 1.96. The van der Waals surface area contributed by atoms with Crippen LogP contribution in [0, 0.1) is 0 Å². The average Bonchev–Trinajstić information content (AvgIpc) is 2.50. The highest BCUT2D eigenvalue weighted by Gasteiger charge is 2.42. The molecule has 0 saturated heterocycles. The van der Waals surface area contributed by atoms with Gasteiger partial charge in [0.05, 0.1) is 0 Å². The van der Waals surface area contributed by atoms with Crippen LogP contribution in [0.5, 0.6) is 0 Å². The summed E-state index contributed by atoms with van der Waals surface area (Å²) in [4.78, 5) is 10.3. The first-order chi connectivity index (χ1) is 6.35. The summed E-state index contributed by atoms with van der Waals surface area (Å²) in [6.45, 7) is 1.04. The van der Waals surface area contributed by atoms with Gasteiger partial charge in [-0.1, -0.05) is 0 Å². The van der Waals surface area contributed by atoms with Crippen LogP contribution in [-0.2, 0) is 10.4 Å². The Balaban J connectivity index is 3.01. The Bertz CT molecular complexity index is 347. The Morgan fingerprint density at radius 1 is 1.71 bits per heavy atom. The second-order valence-electron chi connectivity index (χ2n) is 2.95. The number of furan rings is 1. The fourth-order valence-electron chi connectivity index (χ4n) is 0.952. The number of rotatable bonds is 3. The highest BCUT2D eigenvalue weighted by Crippen LogP contribution is 2.30. The van der Waals surface area contributed by atoms with Crippen molar-refractivity contribution in [3.05, 3.63) is 22.6 Å². The predicted molar refractivity (Wildman–Crippen MR) is 48.5 cm³/mol. The van der Waals surface area contributed by atoms with E-state index in [2.05, 4.69) is 15.9 Å². The van der Waals surface area contributed by atoms with Crippen molar-refractivity contribution in [2.45, 2.75) is 18.7 Å². The van der Waals surface area contributed by atoms with Crippen LogP contribution in [0.3, 0.4) is 0 Å². The van der Waals surface area contributed by atoms with Crippen LogP contribution in [0.25, 0.3) is 0 Å². The van der Waals surface area contributed by atoms with Crippen LogP contribution in [0.4, 0.5) is 4.39 Å². The zero-order valence-electron chi connectivity index (χ0n) is 7.20. The number of carboxylic acids is 1. The van der Waals surface area contributed by atoms with Gasteiger partial charge in [-0.05, 0) is 35.0 Å². The molecule has 0 amide bonds. The zero-order chi connectivity index (χ0) is 10.9. The van der Waals surface area contributed by atoms with Crippen molar-refractivity contribution in [2.75, 3.05) is 0 Å². The van der Waals surface area contributed by atoms with E-state index in [0.29, 0.717) is 4.67 Å². The summed E-state index contributed by atoms with van der Waals surface area (Å²) in [6.07, 6.45) is -2.43. The van der Waals surface area contributed by atoms with Gasteiger partial charge in [-0.2, -0.15) is 0 Å². The summed E-state index contributed by atoms with van der Waals surface area (Å²) in [7, 11) is 0. The second-order valence-corrected chi connectivity index (χ2v) is 3.73. The molecule has 0 saturated carbocycles. The van der Waals surface area contributed by atoms with Crippen LogP contribution in [0.2, 0.25) is 0 Å². The summed E-state index contributed by atoms with van der Waals surface area (Å²) >= 11 is 2.96. The third-order valence-corrected chi connectivity index (χ3v) is 2.21. The average molecular weight is 267 g/mol. The van der Waals surface area contributed by atoms with E-state index in [1.54, 1.807) is 0 Å². The van der Waals surface area contributed by atoms with E-state index in [0.717, 1.165) is 6.92 Å². The maximum Gasteiger partial charge on any atom is 0.341 e. The minimum Gasteiger partial charge on any atom is -0.479 e. The number of hydrogen-bond acceptors (Lipinski definition) is 3. The van der Waals surface area contributed by atoms with Gasteiger partial charge in [-0.15, -0.1) is 0 Å². The first kappa shape index (κ1) is 11.2. The van der Waals surface area contributed by atoms with Crippen molar-refractivity contribution in [2.24, 2.45) is 0 Å². The van der Waals surface area contributed by atoms with Crippen LogP contribution < -0.4 is 0 Å². The smallest absolute Gasteiger partial charge is 0.341 e. The van der Waals surface area contributed by atoms with Gasteiger partial charge in [0.2, 0.25) is 6.17 Å². The molecule has 0 aliphatic heterocycles. The topological polar surface area (TPSA) is 70.7 Å². The molecule has 2 unspecified atom stereocenters. The van der Waals surface area contributed by atoms with Gasteiger partial charge in [-0.25, -0.2) is 9.18 Å². The van der Waals surface area contributed by atoms with Crippen molar-refractivity contribution in [3.63, 3.8) is 0 Å². The number of aliphatic carboxylic acids is 1. The SMILES string of the molecule is CC(O)(c1ccc(Br)o1)C(F)C(=O)O. The fraction of sp³-hybridized carbons (Fsp3) is 0.375. The Morgan fingerprint density at radius 2 is 2.29 bits per heavy atom. The molecule has 1 heterocycles. The van der Waals surface area contributed by atoms with Gasteiger partial charge in [0.1, 0.15) is 5.76 Å². The van der Waals surface area contributed by atoms with E-state index in [-0.39, 0.29) is 5.76 Å². The Labute approximate surface area is 87.5 Å². The van der Waals surface area contributed by atoms with E-state index >= 15 is 0 Å². The van der Waals surface area contributed by atoms with Crippen LogP contribution >= 0.6 is 15.9 Å². The number of carbonyl (C=O) groups is 1. The highest BCUT2D eigenvalue weighted by molar-refractivity contribution is 9.10. The monoisotopic (exact) mass is 266 g/mol. The summed E-state index contributed by atoms with van der Waals surface area (Å²) in [5.74, 6) is -1.87. The summed E-state index contributed by atoms with van der Waals surface area (Å²) in [6, 6.07) is 2.75. The van der Waals surface area contributed by atoms with Gasteiger partial charge in [-0.3, -0.25) is 0 Å². The standard InChI is InChI=1S/C8H8BrFO4/c1-8(13,6(10)7(11)12)4-2-3-5(9)14-4/h2-3,6,13H,1H3,(H,11,12). The summed E-state index contributed by atoms with van der Waals surface area (Å²) < 4.78 is 18.3. The first-order valence-electron chi connectivity index (χ1n) is 3.70. The van der Waals surface area contributed by atoms with Crippen molar-refractivity contribution in [1.82, 2.24) is 0 Å². The number of alkyl halides is 1. The number of hydrogen-bond donors (Lipinski definition) is 2. The first-order valence-corrected chi connectivity index (χ1v) is 4.50. The van der Waals surface area contributed by atoms with Crippen LogP contribution in [0.15, 0.2) is 21.2 Å². The fourth-order valence-corrected chi connectivity index (χ4v) is 1.26. The van der Waals surface area contributed by atoms with Crippen molar-refractivity contribution in [1.29, 1.82) is 0 Å². The Hall–Kier alpha value is -0.880. The van der Waals surface area contributed by atoms with E-state index in [1.807, 2.05) is 0 Å². The summed E-state index contributed by atoms with van der Waals surface area (Å²) in [5.41, 5.74) is -2.17. The second kappa shape index (κ2) is 3.70. The number of carboxylic acid groups (broad SMARTS) is 1. The molecule has 2 atom stereocenters. The molecule has 78 valence electrons. The minimum atomic E-state index is -2.43. The molecule has 0 bridgehead atoms. The molecule has 1 aromatic heterocycles. The molecule has 6 heteroatoms. The maximum absolute atomic E-state index is 13.1.